The van der Waals surface area contributed by atoms with E-state index in [0.717, 1.165) is 30.3 Å². The lowest BCUT2D eigenvalue weighted by Gasteiger charge is -2.20. The van der Waals surface area contributed by atoms with Crippen LogP contribution in [-0.2, 0) is 0 Å². The van der Waals surface area contributed by atoms with Crippen LogP contribution in [0.1, 0.15) is 31.7 Å². The van der Waals surface area contributed by atoms with E-state index in [0.29, 0.717) is 5.02 Å². The molecule has 0 aromatic heterocycles. The van der Waals surface area contributed by atoms with Crippen molar-refractivity contribution in [3.63, 3.8) is 0 Å². The monoisotopic (exact) mass is 248 g/mol. The lowest BCUT2D eigenvalue weighted by atomic mass is 10.0. The Morgan fingerprint density at radius 1 is 1.53 bits per heavy atom. The lowest BCUT2D eigenvalue weighted by molar-refractivity contribution is 0.530. The molecule has 0 saturated carbocycles. The van der Waals surface area contributed by atoms with Crippen molar-refractivity contribution >= 4 is 17.3 Å². The molecule has 3 heteroatoms. The van der Waals surface area contributed by atoms with Crippen LogP contribution >= 0.6 is 11.6 Å². The quantitative estimate of drug-likeness (QED) is 0.813. The largest absolute Gasteiger partial charge is 0.370 e. The molecule has 1 aromatic rings. The van der Waals surface area contributed by atoms with Gasteiger partial charge in [0, 0.05) is 18.1 Å². The molecule has 0 spiro atoms. The van der Waals surface area contributed by atoms with E-state index >= 15 is 0 Å². The summed E-state index contributed by atoms with van der Waals surface area (Å²) in [4.78, 5) is 2.30. The maximum absolute atomic E-state index is 9.12. The van der Waals surface area contributed by atoms with E-state index in [4.69, 9.17) is 16.9 Å². The highest BCUT2D eigenvalue weighted by Gasteiger charge is 2.23. The third kappa shape index (κ3) is 2.73. The molecule has 1 heterocycles. The minimum atomic E-state index is 0.706. The SMILES string of the molecule is CCCC1CCN(c2cc(Cl)ccc2C#N)C1. The van der Waals surface area contributed by atoms with Gasteiger partial charge in [0.25, 0.3) is 0 Å². The molecule has 17 heavy (non-hydrogen) atoms. The van der Waals surface area contributed by atoms with E-state index in [1.165, 1.54) is 19.3 Å². The molecule has 1 fully saturated rings. The zero-order chi connectivity index (χ0) is 12.3. The molecule has 1 saturated heterocycles. The molecule has 2 rings (SSSR count). The number of halogens is 1. The maximum Gasteiger partial charge on any atom is 0.101 e. The van der Waals surface area contributed by atoms with Crippen molar-refractivity contribution in [1.29, 1.82) is 5.26 Å². The average molecular weight is 249 g/mol. The minimum absolute atomic E-state index is 0.706. The normalized spacial score (nSPS) is 19.4. The number of anilines is 1. The summed E-state index contributed by atoms with van der Waals surface area (Å²) >= 11 is 6.01. The van der Waals surface area contributed by atoms with Gasteiger partial charge in [-0.1, -0.05) is 24.9 Å². The van der Waals surface area contributed by atoms with E-state index in [9.17, 15) is 0 Å². The number of hydrogen-bond donors (Lipinski definition) is 0. The number of benzene rings is 1. The highest BCUT2D eigenvalue weighted by Crippen LogP contribution is 2.30. The van der Waals surface area contributed by atoms with Crippen LogP contribution in [0, 0.1) is 17.2 Å². The molecule has 1 aliphatic heterocycles. The summed E-state index contributed by atoms with van der Waals surface area (Å²) in [5.74, 6) is 0.769. The number of nitrogens with zero attached hydrogens (tertiary/aromatic N) is 2. The van der Waals surface area contributed by atoms with Gasteiger partial charge < -0.3 is 4.90 Å². The van der Waals surface area contributed by atoms with Gasteiger partial charge in [-0.05, 0) is 37.0 Å². The molecule has 1 aromatic carbocycles. The van der Waals surface area contributed by atoms with Gasteiger partial charge in [-0.2, -0.15) is 5.26 Å². The second-order valence-electron chi connectivity index (χ2n) is 4.66. The molecule has 90 valence electrons. The van der Waals surface area contributed by atoms with E-state index in [2.05, 4.69) is 17.9 Å². The van der Waals surface area contributed by atoms with Crippen molar-refractivity contribution in [2.45, 2.75) is 26.2 Å². The molecule has 1 unspecified atom stereocenters. The van der Waals surface area contributed by atoms with Gasteiger partial charge in [0.2, 0.25) is 0 Å². The summed E-state index contributed by atoms with van der Waals surface area (Å²) in [5, 5.41) is 9.83. The fourth-order valence-corrected chi connectivity index (χ4v) is 2.72. The van der Waals surface area contributed by atoms with Gasteiger partial charge in [-0.3, -0.25) is 0 Å². The van der Waals surface area contributed by atoms with Crippen molar-refractivity contribution in [3.8, 4) is 6.07 Å². The van der Waals surface area contributed by atoms with Crippen molar-refractivity contribution in [2.75, 3.05) is 18.0 Å². The fourth-order valence-electron chi connectivity index (χ4n) is 2.56. The molecule has 2 nitrogen and oxygen atoms in total. The highest BCUT2D eigenvalue weighted by atomic mass is 35.5. The summed E-state index contributed by atoms with van der Waals surface area (Å²) in [7, 11) is 0. The molecule has 0 N–H and O–H groups in total. The van der Waals surface area contributed by atoms with E-state index in [-0.39, 0.29) is 0 Å². The third-order valence-corrected chi connectivity index (χ3v) is 3.64. The lowest BCUT2D eigenvalue weighted by Crippen LogP contribution is -2.20. The first-order valence-corrected chi connectivity index (χ1v) is 6.57. The predicted octanol–water partition coefficient (Wildman–Crippen LogP) is 3.84. The van der Waals surface area contributed by atoms with Crippen molar-refractivity contribution in [2.24, 2.45) is 5.92 Å². The van der Waals surface area contributed by atoms with Crippen molar-refractivity contribution in [1.82, 2.24) is 0 Å². The molecular weight excluding hydrogens is 232 g/mol. The zero-order valence-electron chi connectivity index (χ0n) is 10.1. The summed E-state index contributed by atoms with van der Waals surface area (Å²) in [6.45, 7) is 4.32. The van der Waals surface area contributed by atoms with Crippen LogP contribution in [0.2, 0.25) is 5.02 Å². The molecule has 1 aliphatic rings. The zero-order valence-corrected chi connectivity index (χ0v) is 10.9. The predicted molar refractivity (Wildman–Crippen MR) is 71.4 cm³/mol. The smallest absolute Gasteiger partial charge is 0.101 e. The second-order valence-corrected chi connectivity index (χ2v) is 5.10. The summed E-state index contributed by atoms with van der Waals surface area (Å²) in [6, 6.07) is 7.75. The van der Waals surface area contributed by atoms with Gasteiger partial charge >= 0.3 is 0 Å². The number of rotatable bonds is 3. The highest BCUT2D eigenvalue weighted by molar-refractivity contribution is 6.30. The van der Waals surface area contributed by atoms with Crippen LogP contribution in [0.5, 0.6) is 0 Å². The molecule has 1 atom stereocenters. The van der Waals surface area contributed by atoms with Crippen molar-refractivity contribution < 1.29 is 0 Å². The standard InChI is InChI=1S/C14H17ClN2/c1-2-3-11-6-7-17(10-11)14-8-13(15)5-4-12(14)9-16/h4-5,8,11H,2-3,6-7,10H2,1H3. The second kappa shape index (κ2) is 5.42. The van der Waals surface area contributed by atoms with Crippen molar-refractivity contribution in [3.05, 3.63) is 28.8 Å². The van der Waals surface area contributed by atoms with E-state index in [1.807, 2.05) is 12.1 Å². The Morgan fingerprint density at radius 2 is 2.35 bits per heavy atom. The van der Waals surface area contributed by atoms with Gasteiger partial charge in [-0.25, -0.2) is 0 Å². The van der Waals surface area contributed by atoms with Crippen LogP contribution in [-0.4, -0.2) is 13.1 Å². The van der Waals surface area contributed by atoms with Gasteiger partial charge in [0.15, 0.2) is 0 Å². The summed E-state index contributed by atoms with van der Waals surface area (Å²) < 4.78 is 0. The number of hydrogen-bond acceptors (Lipinski definition) is 2. The van der Waals surface area contributed by atoms with Crippen LogP contribution in [0.3, 0.4) is 0 Å². The molecule has 0 aliphatic carbocycles. The summed E-state index contributed by atoms with van der Waals surface area (Å²) in [6.07, 6.45) is 3.74. The Morgan fingerprint density at radius 3 is 3.06 bits per heavy atom. The molecule has 0 radical (unpaired) electrons. The molecule has 0 amide bonds. The number of nitriles is 1. The van der Waals surface area contributed by atoms with E-state index < -0.39 is 0 Å². The Labute approximate surface area is 108 Å². The average Bonchev–Trinajstić information content (AvgIpc) is 2.78. The topological polar surface area (TPSA) is 27.0 Å². The molecular formula is C14H17ClN2. The minimum Gasteiger partial charge on any atom is -0.370 e. The maximum atomic E-state index is 9.12. The first-order valence-electron chi connectivity index (χ1n) is 6.19. The fraction of sp³-hybridized carbons (Fsp3) is 0.500. The van der Waals surface area contributed by atoms with Gasteiger partial charge in [0.1, 0.15) is 6.07 Å². The molecule has 0 bridgehead atoms. The summed E-state index contributed by atoms with van der Waals surface area (Å²) in [5.41, 5.74) is 1.73. The van der Waals surface area contributed by atoms with Gasteiger partial charge in [-0.15, -0.1) is 0 Å². The Bertz CT molecular complexity index is 436. The van der Waals surface area contributed by atoms with Crippen LogP contribution in [0.4, 0.5) is 5.69 Å². The first-order chi connectivity index (χ1) is 8.24. The first kappa shape index (κ1) is 12.3. The Kier molecular flexibility index (Phi) is 3.91. The Hall–Kier alpha value is -1.20. The van der Waals surface area contributed by atoms with Crippen LogP contribution in [0.15, 0.2) is 18.2 Å². The van der Waals surface area contributed by atoms with Crippen LogP contribution < -0.4 is 4.90 Å². The van der Waals surface area contributed by atoms with Gasteiger partial charge in [0.05, 0.1) is 11.3 Å². The Balaban J connectivity index is 2.18. The third-order valence-electron chi connectivity index (χ3n) is 3.40. The van der Waals surface area contributed by atoms with Crippen LogP contribution in [0.25, 0.3) is 0 Å². The van der Waals surface area contributed by atoms with E-state index in [1.54, 1.807) is 6.07 Å².